The minimum Gasteiger partial charge on any atom is -0.390 e. The van der Waals surface area contributed by atoms with Crippen LogP contribution >= 0.6 is 23.5 Å². The smallest absolute Gasteiger partial charge is 0.390 e. The lowest BCUT2D eigenvalue weighted by Crippen LogP contribution is -2.26. The predicted octanol–water partition coefficient (Wildman–Crippen LogP) is 0.824. The molecule has 0 spiro atoms. The first-order valence-electron chi connectivity index (χ1n) is 12.5. The van der Waals surface area contributed by atoms with Gasteiger partial charge in [0.15, 0.2) is 17.0 Å². The Morgan fingerprint density at radius 2 is 1.93 bits per heavy atom. The molecule has 45 heavy (non-hydrogen) atoms. The van der Waals surface area contributed by atoms with Gasteiger partial charge in [-0.2, -0.15) is 8.62 Å². The first-order chi connectivity index (χ1) is 21.0. The number of nitrogens with one attached hydrogen (secondary N) is 1. The minimum atomic E-state index is -5.73. The number of nitrogens with two attached hydrogens (primary N) is 1. The summed E-state index contributed by atoms with van der Waals surface area (Å²) in [5.74, 6) is 5.58. The van der Waals surface area contributed by atoms with Crippen molar-refractivity contribution in [2.75, 3.05) is 18.5 Å². The summed E-state index contributed by atoms with van der Waals surface area (Å²) in [6.07, 6.45) is -2.79. The van der Waals surface area contributed by atoms with E-state index in [4.69, 9.17) is 20.3 Å². The summed E-state index contributed by atoms with van der Waals surface area (Å²) in [6, 6.07) is 4.87. The second-order valence-corrected chi connectivity index (χ2v) is 13.7. The molecule has 3 aromatic rings. The molecule has 8 N–H and O–H groups in total. The summed E-state index contributed by atoms with van der Waals surface area (Å²) >= 11 is 0. The number of imidazole rings is 1. The van der Waals surface area contributed by atoms with E-state index in [0.717, 1.165) is 6.33 Å². The topological polar surface area (TPSA) is 314 Å². The Morgan fingerprint density at radius 1 is 1.20 bits per heavy atom. The van der Waals surface area contributed by atoms with Crippen molar-refractivity contribution >= 4 is 40.4 Å². The van der Waals surface area contributed by atoms with Crippen molar-refractivity contribution < 1.29 is 61.2 Å². The second kappa shape index (κ2) is 13.7. The molecule has 0 bridgehead atoms. The van der Waals surface area contributed by atoms with Gasteiger partial charge in [0.25, 0.3) is 0 Å². The second-order valence-electron chi connectivity index (χ2n) is 9.27. The molecule has 1 saturated heterocycles. The number of hydrogen-bond donors (Lipinski definition) is 7. The Bertz CT molecular complexity index is 1790. The SMILES string of the molecule is Cc1cc(C#CCN)ccc1C(Nc1ncnc2c1ncn2[C@H]1C[C@@H](O)[C@@H](COP(=O)(O)OP(=O)(O)OP(=O)(O)O)O1)[N+](=O)[O-]. The fraction of sp³-hybridized carbons (Fsp3) is 0.381. The van der Waals surface area contributed by atoms with Crippen LogP contribution in [0.3, 0.4) is 0 Å². The van der Waals surface area contributed by atoms with Gasteiger partial charge in [0.2, 0.25) is 0 Å². The summed E-state index contributed by atoms with van der Waals surface area (Å²) in [6.45, 7) is 0.967. The molecule has 1 fully saturated rings. The fourth-order valence-corrected chi connectivity index (χ4v) is 7.29. The number of nitro groups is 1. The minimum absolute atomic E-state index is 0.00889. The third kappa shape index (κ3) is 8.97. The lowest BCUT2D eigenvalue weighted by molar-refractivity contribution is -0.521. The van der Waals surface area contributed by atoms with E-state index in [1.54, 1.807) is 25.1 Å². The van der Waals surface area contributed by atoms with E-state index in [0.29, 0.717) is 16.7 Å². The number of rotatable bonds is 12. The molecule has 3 unspecified atom stereocenters. The zero-order valence-electron chi connectivity index (χ0n) is 22.9. The zero-order valence-corrected chi connectivity index (χ0v) is 25.6. The van der Waals surface area contributed by atoms with E-state index >= 15 is 0 Å². The molecule has 24 heteroatoms. The largest absolute Gasteiger partial charge is 0.490 e. The number of aromatic nitrogens is 4. The summed E-state index contributed by atoms with van der Waals surface area (Å²) in [5.41, 5.74) is 7.21. The van der Waals surface area contributed by atoms with Crippen LogP contribution in [0.4, 0.5) is 5.82 Å². The van der Waals surface area contributed by atoms with Gasteiger partial charge in [0, 0.05) is 12.0 Å². The van der Waals surface area contributed by atoms with Crippen molar-refractivity contribution in [2.45, 2.75) is 37.9 Å². The van der Waals surface area contributed by atoms with Gasteiger partial charge in [-0.1, -0.05) is 11.8 Å². The Kier molecular flexibility index (Phi) is 10.5. The molecule has 244 valence electrons. The highest BCUT2D eigenvalue weighted by molar-refractivity contribution is 7.66. The molecular formula is C21H26N7O14P3. The Morgan fingerprint density at radius 3 is 2.58 bits per heavy atom. The summed E-state index contributed by atoms with van der Waals surface area (Å²) in [5, 5.41) is 25.3. The molecule has 1 aliphatic heterocycles. The van der Waals surface area contributed by atoms with Crippen LogP contribution in [0.5, 0.6) is 0 Å². The highest BCUT2D eigenvalue weighted by atomic mass is 31.3. The van der Waals surface area contributed by atoms with Gasteiger partial charge >= 0.3 is 29.6 Å². The average molecular weight is 693 g/mol. The summed E-state index contributed by atoms with van der Waals surface area (Å²) < 4.78 is 53.2. The zero-order chi connectivity index (χ0) is 33.2. The van der Waals surface area contributed by atoms with Gasteiger partial charge in [0.1, 0.15) is 18.7 Å². The third-order valence-corrected chi connectivity index (χ3v) is 9.88. The number of aryl methyl sites for hydroxylation is 1. The van der Waals surface area contributed by atoms with E-state index in [1.165, 1.54) is 10.9 Å². The van der Waals surface area contributed by atoms with Crippen molar-refractivity contribution in [2.24, 2.45) is 5.73 Å². The maximum absolute atomic E-state index is 12.1. The molecule has 2 aromatic heterocycles. The number of phosphoric acid groups is 3. The summed E-state index contributed by atoms with van der Waals surface area (Å²) in [7, 11) is -16.8. The molecule has 6 atom stereocenters. The van der Waals surface area contributed by atoms with Crippen LogP contribution in [0, 0.1) is 28.9 Å². The van der Waals surface area contributed by atoms with Crippen LogP contribution in [-0.2, 0) is 31.6 Å². The lowest BCUT2D eigenvalue weighted by atomic mass is 10.0. The van der Waals surface area contributed by atoms with Crippen molar-refractivity contribution in [3.05, 3.63) is 57.7 Å². The molecular weight excluding hydrogens is 667 g/mol. The van der Waals surface area contributed by atoms with Crippen molar-refractivity contribution in [1.29, 1.82) is 0 Å². The normalized spacial score (nSPS) is 21.8. The van der Waals surface area contributed by atoms with Crippen LogP contribution in [0.15, 0.2) is 30.9 Å². The molecule has 1 aromatic carbocycles. The molecule has 0 radical (unpaired) electrons. The quantitative estimate of drug-likeness (QED) is 0.0454. The first-order valence-corrected chi connectivity index (χ1v) is 17.0. The van der Waals surface area contributed by atoms with Crippen LogP contribution < -0.4 is 11.1 Å². The number of anilines is 1. The van der Waals surface area contributed by atoms with E-state index < -0.39 is 59.6 Å². The monoisotopic (exact) mass is 693 g/mol. The standard InChI is InChI=1S/C21H26N7O14P3/c1-12-7-13(3-2-6-22)4-5-14(12)20(28(30)31)26-19-18-21(24-10-23-19)27(11-25-18)17-8-15(29)16(40-17)9-39-44(35,36)42-45(37,38)41-43(32,33)34/h4-5,7,10-11,15-17,20,29H,6,8-9,22H2,1H3,(H,35,36)(H,37,38)(H,23,24,26)(H2,32,33,34)/t15-,16-,17-,20?/m1/s1. The Labute approximate surface area is 253 Å². The fourth-order valence-electron chi connectivity index (χ4n) is 4.26. The highest BCUT2D eigenvalue weighted by Crippen LogP contribution is 2.66. The highest BCUT2D eigenvalue weighted by Gasteiger charge is 2.43. The molecule has 0 aliphatic carbocycles. The third-order valence-electron chi connectivity index (χ3n) is 6.07. The average Bonchev–Trinajstić information content (AvgIpc) is 3.51. The van der Waals surface area contributed by atoms with Gasteiger partial charge in [-0.05, 0) is 30.7 Å². The van der Waals surface area contributed by atoms with Gasteiger partial charge < -0.3 is 40.5 Å². The van der Waals surface area contributed by atoms with Crippen LogP contribution in [0.1, 0.15) is 35.5 Å². The maximum atomic E-state index is 12.1. The van der Waals surface area contributed by atoms with Gasteiger partial charge in [-0.25, -0.2) is 28.6 Å². The number of nitrogens with zero attached hydrogens (tertiary/aromatic N) is 5. The van der Waals surface area contributed by atoms with Gasteiger partial charge in [0.05, 0.1) is 36.1 Å². The van der Waals surface area contributed by atoms with Gasteiger partial charge in [-0.3, -0.25) is 19.2 Å². The van der Waals surface area contributed by atoms with Crippen LogP contribution in [0.25, 0.3) is 11.2 Å². The predicted molar refractivity (Wildman–Crippen MR) is 150 cm³/mol. The number of hydrogen-bond acceptors (Lipinski definition) is 15. The molecule has 1 aliphatic rings. The summed E-state index contributed by atoms with van der Waals surface area (Å²) in [4.78, 5) is 60.2. The number of fused-ring (bicyclic) bond motifs is 1. The van der Waals surface area contributed by atoms with Gasteiger partial charge in [-0.15, -0.1) is 0 Å². The molecule has 4 rings (SSSR count). The van der Waals surface area contributed by atoms with Crippen molar-refractivity contribution in [3.63, 3.8) is 0 Å². The van der Waals surface area contributed by atoms with E-state index in [9.17, 15) is 38.7 Å². The number of phosphoric ester groups is 1. The Hall–Kier alpha value is -3.18. The number of ether oxygens (including phenoxy) is 1. The molecule has 3 heterocycles. The molecule has 0 amide bonds. The van der Waals surface area contributed by atoms with E-state index in [-0.39, 0.29) is 29.9 Å². The van der Waals surface area contributed by atoms with Crippen LogP contribution in [-0.4, -0.2) is 74.5 Å². The lowest BCUT2D eigenvalue weighted by Gasteiger charge is -2.19. The number of aliphatic hydroxyl groups is 1. The van der Waals surface area contributed by atoms with E-state index in [1.807, 2.05) is 0 Å². The van der Waals surface area contributed by atoms with Crippen LogP contribution in [0.2, 0.25) is 0 Å². The number of aliphatic hydroxyl groups excluding tert-OH is 1. The van der Waals surface area contributed by atoms with E-state index in [2.05, 4.69) is 45.3 Å². The maximum Gasteiger partial charge on any atom is 0.490 e. The van der Waals surface area contributed by atoms with Crippen molar-refractivity contribution in [1.82, 2.24) is 19.5 Å². The molecule has 21 nitrogen and oxygen atoms in total. The molecule has 0 saturated carbocycles. The van der Waals surface area contributed by atoms with Crippen molar-refractivity contribution in [3.8, 4) is 11.8 Å². The Balaban J connectivity index is 1.49. The number of benzene rings is 1. The first kappa shape index (κ1) is 34.7.